The Bertz CT molecular complexity index is 1090. The van der Waals surface area contributed by atoms with Crippen LogP contribution in [0.25, 0.3) is 11.1 Å². The minimum absolute atomic E-state index is 0.0350. The number of halogens is 1. The molecule has 3 aromatic rings. The highest BCUT2D eigenvalue weighted by Gasteiger charge is 2.37. The Morgan fingerprint density at radius 2 is 1.84 bits per heavy atom. The molecule has 1 saturated heterocycles. The van der Waals surface area contributed by atoms with Crippen LogP contribution in [-0.2, 0) is 22.4 Å². The molecule has 2 heterocycles. The van der Waals surface area contributed by atoms with Crippen molar-refractivity contribution < 1.29 is 14.0 Å². The molecule has 0 aliphatic carbocycles. The van der Waals surface area contributed by atoms with E-state index in [0.717, 1.165) is 22.3 Å². The van der Waals surface area contributed by atoms with Crippen molar-refractivity contribution in [3.05, 3.63) is 90.0 Å². The van der Waals surface area contributed by atoms with Gasteiger partial charge in [0.1, 0.15) is 11.9 Å². The molecule has 1 aliphatic heterocycles. The zero-order chi connectivity index (χ0) is 22.5. The molecule has 1 atom stereocenters. The molecule has 4 rings (SSSR count). The Hall–Kier alpha value is -3.54. The summed E-state index contributed by atoms with van der Waals surface area (Å²) in [6.45, 7) is 3.60. The molecule has 0 bridgehead atoms. The molecule has 0 radical (unpaired) electrons. The number of pyridine rings is 1. The molecule has 32 heavy (non-hydrogen) atoms. The monoisotopic (exact) mass is 431 g/mol. The Morgan fingerprint density at radius 1 is 1.06 bits per heavy atom. The fourth-order valence-electron chi connectivity index (χ4n) is 4.25. The molecular formula is C26H26FN3O2. The van der Waals surface area contributed by atoms with Crippen molar-refractivity contribution in [1.82, 2.24) is 14.8 Å². The van der Waals surface area contributed by atoms with Gasteiger partial charge in [0.2, 0.25) is 11.8 Å². The largest absolute Gasteiger partial charge is 0.339 e. The van der Waals surface area contributed by atoms with E-state index in [2.05, 4.69) is 4.98 Å². The highest BCUT2D eigenvalue weighted by Crippen LogP contribution is 2.27. The number of piperazine rings is 1. The van der Waals surface area contributed by atoms with Crippen LogP contribution in [0.3, 0.4) is 0 Å². The zero-order valence-corrected chi connectivity index (χ0v) is 18.1. The zero-order valence-electron chi connectivity index (χ0n) is 18.1. The van der Waals surface area contributed by atoms with Gasteiger partial charge >= 0.3 is 0 Å². The third-order valence-corrected chi connectivity index (χ3v) is 5.95. The molecule has 164 valence electrons. The van der Waals surface area contributed by atoms with Gasteiger partial charge in [0, 0.05) is 38.4 Å². The van der Waals surface area contributed by atoms with E-state index in [1.54, 1.807) is 40.4 Å². The predicted octanol–water partition coefficient (Wildman–Crippen LogP) is 3.73. The average molecular weight is 432 g/mol. The summed E-state index contributed by atoms with van der Waals surface area (Å²) in [4.78, 5) is 34.1. The third-order valence-electron chi connectivity index (χ3n) is 5.95. The van der Waals surface area contributed by atoms with E-state index in [1.165, 1.54) is 12.1 Å². The normalized spacial score (nSPS) is 16.3. The summed E-state index contributed by atoms with van der Waals surface area (Å²) in [7, 11) is 0. The Balaban J connectivity index is 1.63. The number of hydrogen-bond acceptors (Lipinski definition) is 3. The molecule has 0 N–H and O–H groups in total. The fourth-order valence-corrected chi connectivity index (χ4v) is 4.25. The number of carbonyl (C=O) groups excluding carboxylic acids is 2. The summed E-state index contributed by atoms with van der Waals surface area (Å²) < 4.78 is 13.4. The van der Waals surface area contributed by atoms with E-state index in [-0.39, 0.29) is 24.1 Å². The van der Waals surface area contributed by atoms with E-state index < -0.39 is 6.04 Å². The number of aromatic nitrogens is 1. The topological polar surface area (TPSA) is 53.5 Å². The number of rotatable bonds is 6. The van der Waals surface area contributed by atoms with Crippen molar-refractivity contribution in [3.63, 3.8) is 0 Å². The van der Waals surface area contributed by atoms with Gasteiger partial charge < -0.3 is 9.80 Å². The predicted molar refractivity (Wildman–Crippen MR) is 121 cm³/mol. The van der Waals surface area contributed by atoms with Crippen LogP contribution in [-0.4, -0.2) is 52.3 Å². The van der Waals surface area contributed by atoms with Gasteiger partial charge in [-0.3, -0.25) is 14.6 Å². The quantitative estimate of drug-likeness (QED) is 0.598. The standard InChI is InChI=1S/C26H26FN3O2/c1-2-29-14-15-30(25(31)16-19-6-5-13-28-18-19)24(26(29)32)17-21-7-3-4-8-23(21)20-9-11-22(27)12-10-20/h3-13,18,24H,2,14-17H2,1H3/t24-/m0/s1. The van der Waals surface area contributed by atoms with Crippen molar-refractivity contribution in [2.24, 2.45) is 0 Å². The van der Waals surface area contributed by atoms with Gasteiger partial charge in [-0.2, -0.15) is 0 Å². The molecule has 5 nitrogen and oxygen atoms in total. The van der Waals surface area contributed by atoms with Crippen LogP contribution in [0.5, 0.6) is 0 Å². The van der Waals surface area contributed by atoms with Crippen LogP contribution in [0.4, 0.5) is 4.39 Å². The minimum Gasteiger partial charge on any atom is -0.339 e. The first-order valence-corrected chi connectivity index (χ1v) is 10.9. The van der Waals surface area contributed by atoms with Gasteiger partial charge in [-0.15, -0.1) is 0 Å². The van der Waals surface area contributed by atoms with Crippen molar-refractivity contribution >= 4 is 11.8 Å². The van der Waals surface area contributed by atoms with Crippen molar-refractivity contribution in [1.29, 1.82) is 0 Å². The molecule has 0 unspecified atom stereocenters. The molecule has 1 aliphatic rings. The summed E-state index contributed by atoms with van der Waals surface area (Å²) in [5.41, 5.74) is 3.60. The molecule has 2 amide bonds. The summed E-state index contributed by atoms with van der Waals surface area (Å²) in [6, 6.07) is 17.2. The lowest BCUT2D eigenvalue weighted by Gasteiger charge is -2.40. The first kappa shape index (κ1) is 21.7. The maximum Gasteiger partial charge on any atom is 0.245 e. The number of hydrogen-bond donors (Lipinski definition) is 0. The molecular weight excluding hydrogens is 405 g/mol. The van der Waals surface area contributed by atoms with E-state index in [9.17, 15) is 14.0 Å². The second-order valence-electron chi connectivity index (χ2n) is 7.93. The number of benzene rings is 2. The van der Waals surface area contributed by atoms with Gasteiger partial charge in [-0.1, -0.05) is 42.5 Å². The number of carbonyl (C=O) groups is 2. The summed E-state index contributed by atoms with van der Waals surface area (Å²) in [5, 5.41) is 0. The van der Waals surface area contributed by atoms with E-state index in [1.807, 2.05) is 37.3 Å². The van der Waals surface area contributed by atoms with Gasteiger partial charge in [-0.05, 0) is 47.4 Å². The molecule has 1 fully saturated rings. The average Bonchev–Trinajstić information content (AvgIpc) is 2.82. The number of likely N-dealkylation sites (N-methyl/N-ethyl adjacent to an activating group) is 1. The molecule has 0 saturated carbocycles. The van der Waals surface area contributed by atoms with Crippen LogP contribution in [0, 0.1) is 5.82 Å². The second kappa shape index (κ2) is 9.73. The lowest BCUT2D eigenvalue weighted by Crippen LogP contribution is -2.59. The maximum atomic E-state index is 13.4. The Kier molecular flexibility index (Phi) is 6.59. The van der Waals surface area contributed by atoms with E-state index in [0.29, 0.717) is 26.1 Å². The van der Waals surface area contributed by atoms with Gasteiger partial charge in [0.15, 0.2) is 0 Å². The highest BCUT2D eigenvalue weighted by atomic mass is 19.1. The highest BCUT2D eigenvalue weighted by molar-refractivity contribution is 5.90. The lowest BCUT2D eigenvalue weighted by molar-refractivity contribution is -0.150. The number of amides is 2. The maximum absolute atomic E-state index is 13.4. The smallest absolute Gasteiger partial charge is 0.245 e. The first-order valence-electron chi connectivity index (χ1n) is 10.9. The lowest BCUT2D eigenvalue weighted by atomic mass is 9.93. The fraction of sp³-hybridized carbons (Fsp3) is 0.269. The van der Waals surface area contributed by atoms with Crippen LogP contribution in [0.2, 0.25) is 0 Å². The summed E-state index contributed by atoms with van der Waals surface area (Å²) >= 11 is 0. The van der Waals surface area contributed by atoms with Gasteiger partial charge in [-0.25, -0.2) is 4.39 Å². The minimum atomic E-state index is -0.575. The Labute approximate surface area is 187 Å². The SMILES string of the molecule is CCN1CCN(C(=O)Cc2cccnc2)[C@@H](Cc2ccccc2-c2ccc(F)cc2)C1=O. The molecule has 0 spiro atoms. The van der Waals surface area contributed by atoms with Crippen LogP contribution in [0.1, 0.15) is 18.1 Å². The first-order chi connectivity index (χ1) is 15.6. The van der Waals surface area contributed by atoms with Gasteiger partial charge in [0.25, 0.3) is 0 Å². The van der Waals surface area contributed by atoms with Crippen LogP contribution < -0.4 is 0 Å². The van der Waals surface area contributed by atoms with Crippen LogP contribution >= 0.6 is 0 Å². The van der Waals surface area contributed by atoms with Crippen molar-refractivity contribution in [2.75, 3.05) is 19.6 Å². The molecule has 1 aromatic heterocycles. The molecule has 2 aromatic carbocycles. The van der Waals surface area contributed by atoms with E-state index in [4.69, 9.17) is 0 Å². The van der Waals surface area contributed by atoms with Crippen molar-refractivity contribution in [3.8, 4) is 11.1 Å². The number of nitrogens with zero attached hydrogens (tertiary/aromatic N) is 3. The summed E-state index contributed by atoms with van der Waals surface area (Å²) in [5.74, 6) is -0.405. The van der Waals surface area contributed by atoms with Crippen LogP contribution in [0.15, 0.2) is 73.1 Å². The van der Waals surface area contributed by atoms with Gasteiger partial charge in [0.05, 0.1) is 6.42 Å². The second-order valence-corrected chi connectivity index (χ2v) is 7.93. The third kappa shape index (κ3) is 4.69. The summed E-state index contributed by atoms with van der Waals surface area (Å²) in [6.07, 6.45) is 3.97. The van der Waals surface area contributed by atoms with E-state index >= 15 is 0 Å². The molecule has 6 heteroatoms. The van der Waals surface area contributed by atoms with Crippen molar-refractivity contribution in [2.45, 2.75) is 25.8 Å². The Morgan fingerprint density at radius 3 is 2.56 bits per heavy atom.